The summed E-state index contributed by atoms with van der Waals surface area (Å²) in [4.78, 5) is 18.5. The molecule has 4 aliphatic heterocycles. The summed E-state index contributed by atoms with van der Waals surface area (Å²) < 4.78 is 37.2. The predicted molar refractivity (Wildman–Crippen MR) is 156 cm³/mol. The van der Waals surface area contributed by atoms with Crippen molar-refractivity contribution in [3.8, 4) is 17.3 Å². The first-order chi connectivity index (χ1) is 20.0. The number of rotatable bonds is 5. The fourth-order valence-electron chi connectivity index (χ4n) is 7.63. The molecule has 7 nitrogen and oxygen atoms in total. The van der Waals surface area contributed by atoms with Crippen molar-refractivity contribution < 1.29 is 13.5 Å². The standard InChI is InChI=1S/C31H31ClF2N6O/c32-24-7-2-5-18-4-1-6-22(25(18)24)27-26(34)28-23(13-35-27)29(39-15-20-8-9-21(16-39)36-20)38-30(37-28)41-17-31-10-3-11-40(31)14-19(33)12-31/h1-2,4-7,13,19-21,36H,3,8-12,14-17H2/t19-,20?,21?,31?/m1/s1. The van der Waals surface area contributed by atoms with E-state index in [9.17, 15) is 4.39 Å². The summed E-state index contributed by atoms with van der Waals surface area (Å²) in [5, 5.41) is 6.38. The summed E-state index contributed by atoms with van der Waals surface area (Å²) in [5.41, 5.74) is 0.605. The van der Waals surface area contributed by atoms with Gasteiger partial charge in [0.15, 0.2) is 5.82 Å². The van der Waals surface area contributed by atoms with Gasteiger partial charge in [-0.3, -0.25) is 9.88 Å². The van der Waals surface area contributed by atoms with Crippen LogP contribution in [0, 0.1) is 5.82 Å². The molecule has 0 saturated carbocycles. The van der Waals surface area contributed by atoms with Gasteiger partial charge in [0.25, 0.3) is 0 Å². The van der Waals surface area contributed by atoms with Gasteiger partial charge >= 0.3 is 6.01 Å². The smallest absolute Gasteiger partial charge is 0.319 e. The number of halogens is 3. The summed E-state index contributed by atoms with van der Waals surface area (Å²) in [6.07, 6.45) is 5.36. The number of piperazine rings is 1. The summed E-state index contributed by atoms with van der Waals surface area (Å²) in [6, 6.07) is 12.1. The Labute approximate surface area is 241 Å². The van der Waals surface area contributed by atoms with Gasteiger partial charge in [0.1, 0.15) is 29.8 Å². The Morgan fingerprint density at radius 1 is 1.07 bits per heavy atom. The summed E-state index contributed by atoms with van der Waals surface area (Å²) in [7, 11) is 0. The van der Waals surface area contributed by atoms with Crippen molar-refractivity contribution >= 4 is 39.1 Å². The minimum atomic E-state index is -0.859. The summed E-state index contributed by atoms with van der Waals surface area (Å²) in [5.74, 6) is 0.0970. The van der Waals surface area contributed by atoms with Crippen LogP contribution in [-0.4, -0.2) is 76.4 Å². The highest BCUT2D eigenvalue weighted by Crippen LogP contribution is 2.41. The summed E-state index contributed by atoms with van der Waals surface area (Å²) >= 11 is 6.59. The molecule has 10 heteroatoms. The van der Waals surface area contributed by atoms with Crippen LogP contribution in [0.2, 0.25) is 5.02 Å². The van der Waals surface area contributed by atoms with Crippen LogP contribution in [-0.2, 0) is 0 Å². The van der Waals surface area contributed by atoms with Gasteiger partial charge < -0.3 is 15.0 Å². The van der Waals surface area contributed by atoms with Gasteiger partial charge in [-0.05, 0) is 43.7 Å². The van der Waals surface area contributed by atoms with Gasteiger partial charge in [-0.25, -0.2) is 8.78 Å². The number of ether oxygens (including phenoxy) is 1. The first kappa shape index (κ1) is 25.6. The number of alkyl halides is 1. The van der Waals surface area contributed by atoms with Crippen LogP contribution in [0.1, 0.15) is 32.1 Å². The van der Waals surface area contributed by atoms with Crippen LogP contribution >= 0.6 is 11.6 Å². The molecule has 1 N–H and O–H groups in total. The molecule has 0 amide bonds. The number of fused-ring (bicyclic) bond motifs is 5. The molecule has 3 unspecified atom stereocenters. The third kappa shape index (κ3) is 4.23. The van der Waals surface area contributed by atoms with Crippen molar-refractivity contribution in [3.63, 3.8) is 0 Å². The number of benzene rings is 2. The molecule has 4 saturated heterocycles. The molecule has 212 valence electrons. The Bertz CT molecular complexity index is 1650. The highest BCUT2D eigenvalue weighted by Gasteiger charge is 2.49. The zero-order valence-corrected chi connectivity index (χ0v) is 23.4. The van der Waals surface area contributed by atoms with Crippen LogP contribution in [0.15, 0.2) is 42.6 Å². The number of nitrogens with zero attached hydrogens (tertiary/aromatic N) is 5. The fourth-order valence-corrected chi connectivity index (χ4v) is 7.91. The minimum Gasteiger partial charge on any atom is -0.461 e. The van der Waals surface area contributed by atoms with Crippen molar-refractivity contribution in [2.75, 3.05) is 37.7 Å². The lowest BCUT2D eigenvalue weighted by Gasteiger charge is -2.34. The second kappa shape index (κ2) is 9.71. The first-order valence-corrected chi connectivity index (χ1v) is 14.9. The van der Waals surface area contributed by atoms with Crippen molar-refractivity contribution in [3.05, 3.63) is 53.4 Å². The van der Waals surface area contributed by atoms with E-state index in [1.165, 1.54) is 0 Å². The number of hydrogen-bond acceptors (Lipinski definition) is 7. The molecule has 8 rings (SSSR count). The third-order valence-electron chi connectivity index (χ3n) is 9.50. The summed E-state index contributed by atoms with van der Waals surface area (Å²) in [6.45, 7) is 3.13. The molecule has 2 bridgehead atoms. The van der Waals surface area contributed by atoms with Gasteiger partial charge in [0.2, 0.25) is 0 Å². The molecule has 0 spiro atoms. The number of anilines is 1. The van der Waals surface area contributed by atoms with E-state index in [-0.39, 0.29) is 29.4 Å². The monoisotopic (exact) mass is 576 g/mol. The molecule has 2 aromatic heterocycles. The zero-order chi connectivity index (χ0) is 27.7. The molecule has 4 fully saturated rings. The lowest BCUT2D eigenvalue weighted by molar-refractivity contribution is 0.107. The molecular weight excluding hydrogens is 546 g/mol. The van der Waals surface area contributed by atoms with Crippen molar-refractivity contribution in [1.29, 1.82) is 0 Å². The molecule has 4 aromatic rings. The first-order valence-electron chi connectivity index (χ1n) is 14.5. The Hall–Kier alpha value is -3.14. The SMILES string of the molecule is Fc1c(-c2cccc3cccc(Cl)c23)ncc2c(N3CC4CCC(C3)N4)nc(OCC34CCCN3C[C@H](F)C4)nc12. The fraction of sp³-hybridized carbons (Fsp3) is 0.452. The van der Waals surface area contributed by atoms with Gasteiger partial charge in [0, 0.05) is 60.3 Å². The van der Waals surface area contributed by atoms with E-state index in [0.29, 0.717) is 46.8 Å². The zero-order valence-electron chi connectivity index (χ0n) is 22.6. The van der Waals surface area contributed by atoms with Crippen molar-refractivity contribution in [1.82, 2.24) is 25.2 Å². The van der Waals surface area contributed by atoms with E-state index in [1.807, 2.05) is 30.3 Å². The largest absolute Gasteiger partial charge is 0.461 e. The average Bonchev–Trinajstić information content (AvgIpc) is 3.62. The Kier molecular flexibility index (Phi) is 6.05. The molecule has 0 aliphatic carbocycles. The number of pyridine rings is 1. The van der Waals surface area contributed by atoms with Gasteiger partial charge in [-0.15, -0.1) is 0 Å². The van der Waals surface area contributed by atoms with Crippen LogP contribution in [0.5, 0.6) is 6.01 Å². The Morgan fingerprint density at radius 2 is 1.88 bits per heavy atom. The van der Waals surface area contributed by atoms with E-state index in [1.54, 1.807) is 12.3 Å². The number of hydrogen-bond donors (Lipinski definition) is 1. The number of nitrogens with one attached hydrogen (secondary N) is 1. The average molecular weight is 577 g/mol. The normalized spacial score (nSPS) is 27.7. The quantitative estimate of drug-likeness (QED) is 0.335. The van der Waals surface area contributed by atoms with E-state index >= 15 is 4.39 Å². The highest BCUT2D eigenvalue weighted by atomic mass is 35.5. The van der Waals surface area contributed by atoms with Gasteiger partial charge in [-0.2, -0.15) is 9.97 Å². The molecule has 0 radical (unpaired) electrons. The van der Waals surface area contributed by atoms with E-state index in [2.05, 4.69) is 25.1 Å². The Morgan fingerprint density at radius 3 is 2.71 bits per heavy atom. The number of aromatic nitrogens is 3. The van der Waals surface area contributed by atoms with Crippen molar-refractivity contribution in [2.45, 2.75) is 55.9 Å². The topological polar surface area (TPSA) is 66.4 Å². The lowest BCUT2D eigenvalue weighted by Crippen LogP contribution is -2.51. The lowest BCUT2D eigenvalue weighted by atomic mass is 9.95. The van der Waals surface area contributed by atoms with E-state index in [4.69, 9.17) is 21.3 Å². The maximum atomic E-state index is 16.6. The molecule has 4 atom stereocenters. The molecule has 6 heterocycles. The second-order valence-electron chi connectivity index (χ2n) is 12.1. The van der Waals surface area contributed by atoms with Crippen LogP contribution < -0.4 is 15.0 Å². The molecule has 4 aliphatic rings. The molecular formula is C31H31ClF2N6O. The van der Waals surface area contributed by atoms with Gasteiger partial charge in [-0.1, -0.05) is 41.9 Å². The Balaban J connectivity index is 1.25. The maximum Gasteiger partial charge on any atom is 0.319 e. The van der Waals surface area contributed by atoms with Gasteiger partial charge in [0.05, 0.1) is 10.9 Å². The van der Waals surface area contributed by atoms with Crippen molar-refractivity contribution in [2.24, 2.45) is 0 Å². The molecule has 41 heavy (non-hydrogen) atoms. The highest BCUT2D eigenvalue weighted by molar-refractivity contribution is 6.36. The van der Waals surface area contributed by atoms with E-state index in [0.717, 1.165) is 56.1 Å². The second-order valence-corrected chi connectivity index (χ2v) is 12.5. The molecule has 2 aromatic carbocycles. The minimum absolute atomic E-state index is 0.119. The van der Waals surface area contributed by atoms with E-state index < -0.39 is 12.0 Å². The van der Waals surface area contributed by atoms with Crippen LogP contribution in [0.25, 0.3) is 32.9 Å². The maximum absolute atomic E-state index is 16.6. The third-order valence-corrected chi connectivity index (χ3v) is 9.81. The predicted octanol–water partition coefficient (Wildman–Crippen LogP) is 5.53. The van der Waals surface area contributed by atoms with Crippen LogP contribution in [0.4, 0.5) is 14.6 Å². The van der Waals surface area contributed by atoms with Crippen LogP contribution in [0.3, 0.4) is 0 Å².